The Labute approximate surface area is 113 Å². The number of hydrogen-bond acceptors (Lipinski definition) is 2. The minimum Gasteiger partial charge on any atom is -0.329 e. The van der Waals surface area contributed by atoms with E-state index in [1.165, 1.54) is 51.5 Å². The predicted molar refractivity (Wildman–Crippen MR) is 78.6 cm³/mol. The first-order chi connectivity index (χ1) is 8.51. The van der Waals surface area contributed by atoms with E-state index in [0.29, 0.717) is 11.5 Å². The first kappa shape index (κ1) is 14.3. The zero-order valence-electron chi connectivity index (χ0n) is 12.6. The summed E-state index contributed by atoms with van der Waals surface area (Å²) in [5.74, 6) is 0.974. The van der Waals surface area contributed by atoms with Gasteiger partial charge in [0, 0.05) is 18.6 Å². The van der Waals surface area contributed by atoms with Crippen LogP contribution in [0.1, 0.15) is 65.7 Å². The van der Waals surface area contributed by atoms with Gasteiger partial charge >= 0.3 is 0 Å². The largest absolute Gasteiger partial charge is 0.329 e. The van der Waals surface area contributed by atoms with Gasteiger partial charge in [0.05, 0.1) is 0 Å². The molecule has 0 spiro atoms. The Kier molecular flexibility index (Phi) is 4.71. The van der Waals surface area contributed by atoms with Crippen LogP contribution in [-0.2, 0) is 0 Å². The van der Waals surface area contributed by atoms with E-state index < -0.39 is 0 Å². The summed E-state index contributed by atoms with van der Waals surface area (Å²) >= 11 is 0. The van der Waals surface area contributed by atoms with Crippen LogP contribution >= 0.6 is 0 Å². The van der Waals surface area contributed by atoms with E-state index in [1.54, 1.807) is 0 Å². The highest BCUT2D eigenvalue weighted by atomic mass is 15.2. The van der Waals surface area contributed by atoms with Gasteiger partial charge in [-0.05, 0) is 50.0 Å². The lowest BCUT2D eigenvalue weighted by Gasteiger charge is -2.48. The Balaban J connectivity index is 2.03. The van der Waals surface area contributed by atoms with E-state index in [0.717, 1.165) is 18.5 Å². The molecule has 18 heavy (non-hydrogen) atoms. The maximum absolute atomic E-state index is 6.09. The van der Waals surface area contributed by atoms with E-state index in [9.17, 15) is 0 Å². The number of rotatable bonds is 3. The van der Waals surface area contributed by atoms with Crippen molar-refractivity contribution in [2.45, 2.75) is 77.8 Å². The van der Waals surface area contributed by atoms with E-state index in [-0.39, 0.29) is 0 Å². The lowest BCUT2D eigenvalue weighted by Crippen LogP contribution is -2.54. The Hall–Kier alpha value is -0.0800. The Morgan fingerprint density at radius 3 is 2.44 bits per heavy atom. The molecular formula is C16H32N2. The molecule has 2 aliphatic rings. The summed E-state index contributed by atoms with van der Waals surface area (Å²) in [4.78, 5) is 2.79. The third-order valence-corrected chi connectivity index (χ3v) is 4.88. The van der Waals surface area contributed by atoms with Crippen LogP contribution in [0, 0.1) is 11.3 Å². The number of fused-ring (bicyclic) bond motifs is 1. The maximum atomic E-state index is 6.09. The number of hydrogen-bond donors (Lipinski definition) is 1. The Bertz CT molecular complexity index is 254. The molecule has 106 valence electrons. The summed E-state index contributed by atoms with van der Waals surface area (Å²) < 4.78 is 0. The van der Waals surface area contributed by atoms with Crippen LogP contribution in [0.2, 0.25) is 0 Å². The molecule has 0 radical (unpaired) electrons. The molecule has 0 aromatic heterocycles. The molecule has 2 fully saturated rings. The number of likely N-dealkylation sites (tertiary alicyclic amines) is 1. The number of nitrogens with zero attached hydrogens (tertiary/aromatic N) is 1. The first-order valence-electron chi connectivity index (χ1n) is 7.97. The Morgan fingerprint density at radius 1 is 1.11 bits per heavy atom. The highest BCUT2D eigenvalue weighted by molar-refractivity contribution is 4.92. The fourth-order valence-electron chi connectivity index (χ4n) is 4.16. The van der Waals surface area contributed by atoms with Crippen molar-refractivity contribution in [2.24, 2.45) is 17.1 Å². The topological polar surface area (TPSA) is 29.3 Å². The molecule has 1 saturated carbocycles. The van der Waals surface area contributed by atoms with Crippen molar-refractivity contribution in [1.29, 1.82) is 0 Å². The molecule has 1 aliphatic carbocycles. The molecule has 0 aromatic carbocycles. The highest BCUT2D eigenvalue weighted by Gasteiger charge is 2.37. The highest BCUT2D eigenvalue weighted by Crippen LogP contribution is 2.37. The van der Waals surface area contributed by atoms with Gasteiger partial charge in [-0.15, -0.1) is 0 Å². The molecule has 1 aliphatic heterocycles. The van der Waals surface area contributed by atoms with Crippen LogP contribution in [-0.4, -0.2) is 30.1 Å². The Morgan fingerprint density at radius 2 is 1.78 bits per heavy atom. The molecule has 3 unspecified atom stereocenters. The summed E-state index contributed by atoms with van der Waals surface area (Å²) in [6, 6.07) is 1.46. The van der Waals surface area contributed by atoms with Gasteiger partial charge in [-0.1, -0.05) is 33.6 Å². The molecular weight excluding hydrogens is 220 g/mol. The summed E-state index contributed by atoms with van der Waals surface area (Å²) in [6.45, 7) is 9.16. The van der Waals surface area contributed by atoms with Crippen molar-refractivity contribution in [2.75, 3.05) is 13.1 Å². The average Bonchev–Trinajstić information content (AvgIpc) is 2.34. The zero-order chi connectivity index (χ0) is 13.2. The van der Waals surface area contributed by atoms with Gasteiger partial charge < -0.3 is 5.73 Å². The standard InChI is InChI=1S/C16H32N2/c1-16(2,3)11-14(12-17)18-10-6-8-13-7-4-5-9-15(13)18/h13-15H,4-12,17H2,1-3H3. The van der Waals surface area contributed by atoms with Crippen molar-refractivity contribution in [3.8, 4) is 0 Å². The van der Waals surface area contributed by atoms with Crippen molar-refractivity contribution >= 4 is 0 Å². The minimum atomic E-state index is 0.394. The van der Waals surface area contributed by atoms with Crippen molar-refractivity contribution in [3.05, 3.63) is 0 Å². The van der Waals surface area contributed by atoms with Gasteiger partial charge in [0.1, 0.15) is 0 Å². The molecule has 1 heterocycles. The second-order valence-electron chi connectivity index (χ2n) is 7.65. The fraction of sp³-hybridized carbons (Fsp3) is 1.00. The van der Waals surface area contributed by atoms with Crippen molar-refractivity contribution in [3.63, 3.8) is 0 Å². The van der Waals surface area contributed by atoms with Gasteiger partial charge in [0.25, 0.3) is 0 Å². The molecule has 0 aromatic rings. The molecule has 2 nitrogen and oxygen atoms in total. The third-order valence-electron chi connectivity index (χ3n) is 4.88. The number of piperidine rings is 1. The van der Waals surface area contributed by atoms with Crippen LogP contribution in [0.5, 0.6) is 0 Å². The third kappa shape index (κ3) is 3.48. The first-order valence-corrected chi connectivity index (χ1v) is 7.97. The second kappa shape index (κ2) is 5.92. The van der Waals surface area contributed by atoms with Crippen LogP contribution in [0.25, 0.3) is 0 Å². The minimum absolute atomic E-state index is 0.394. The molecule has 1 saturated heterocycles. The quantitative estimate of drug-likeness (QED) is 0.834. The van der Waals surface area contributed by atoms with Crippen LogP contribution in [0.4, 0.5) is 0 Å². The maximum Gasteiger partial charge on any atom is 0.0226 e. The molecule has 2 N–H and O–H groups in total. The zero-order valence-corrected chi connectivity index (χ0v) is 12.6. The van der Waals surface area contributed by atoms with Crippen molar-refractivity contribution in [1.82, 2.24) is 4.90 Å². The predicted octanol–water partition coefficient (Wildman–Crippen LogP) is 3.40. The molecule has 2 heteroatoms. The van der Waals surface area contributed by atoms with Crippen LogP contribution in [0.3, 0.4) is 0 Å². The summed E-state index contributed by atoms with van der Waals surface area (Å²) in [5, 5.41) is 0. The molecule has 0 amide bonds. The van der Waals surface area contributed by atoms with E-state index in [2.05, 4.69) is 25.7 Å². The van der Waals surface area contributed by atoms with Gasteiger partial charge in [-0.25, -0.2) is 0 Å². The van der Waals surface area contributed by atoms with Crippen molar-refractivity contribution < 1.29 is 0 Å². The SMILES string of the molecule is CC(C)(C)CC(CN)N1CCCC2CCCCC21. The summed E-state index contributed by atoms with van der Waals surface area (Å²) in [6.07, 6.45) is 9.88. The lowest BCUT2D eigenvalue weighted by atomic mass is 9.76. The second-order valence-corrected chi connectivity index (χ2v) is 7.65. The average molecular weight is 252 g/mol. The molecule has 2 rings (SSSR count). The molecule has 3 atom stereocenters. The van der Waals surface area contributed by atoms with Gasteiger partial charge in [0.2, 0.25) is 0 Å². The van der Waals surface area contributed by atoms with E-state index in [1.807, 2.05) is 0 Å². The van der Waals surface area contributed by atoms with E-state index in [4.69, 9.17) is 5.73 Å². The normalized spacial score (nSPS) is 32.0. The lowest BCUT2D eigenvalue weighted by molar-refractivity contribution is 0.0151. The van der Waals surface area contributed by atoms with Gasteiger partial charge in [-0.2, -0.15) is 0 Å². The monoisotopic (exact) mass is 252 g/mol. The molecule has 0 bridgehead atoms. The van der Waals surface area contributed by atoms with Crippen LogP contribution in [0.15, 0.2) is 0 Å². The summed E-state index contributed by atoms with van der Waals surface area (Å²) in [7, 11) is 0. The smallest absolute Gasteiger partial charge is 0.0226 e. The number of nitrogens with two attached hydrogens (primary N) is 1. The van der Waals surface area contributed by atoms with E-state index >= 15 is 0 Å². The summed E-state index contributed by atoms with van der Waals surface area (Å²) in [5.41, 5.74) is 6.49. The fourth-order valence-corrected chi connectivity index (χ4v) is 4.16. The van der Waals surface area contributed by atoms with Gasteiger partial charge in [-0.3, -0.25) is 4.90 Å². The van der Waals surface area contributed by atoms with Gasteiger partial charge in [0.15, 0.2) is 0 Å². The van der Waals surface area contributed by atoms with Crippen LogP contribution < -0.4 is 5.73 Å².